The first-order valence-electron chi connectivity index (χ1n) is 9.59. The van der Waals surface area contributed by atoms with Crippen molar-refractivity contribution >= 4 is 17.5 Å². The highest BCUT2D eigenvalue weighted by atomic mass is 16.2. The predicted octanol–water partition coefficient (Wildman–Crippen LogP) is 3.31. The molecule has 2 aliphatic carbocycles. The molecular formula is C21H29N3O2. The second-order valence-corrected chi connectivity index (χ2v) is 7.52. The summed E-state index contributed by atoms with van der Waals surface area (Å²) in [6.07, 6.45) is 8.87. The first-order valence-corrected chi connectivity index (χ1v) is 9.59. The van der Waals surface area contributed by atoms with E-state index < -0.39 is 0 Å². The largest absolute Gasteiger partial charge is 0.325 e. The number of hydrogen-bond donors (Lipinski definition) is 1. The fourth-order valence-electron chi connectivity index (χ4n) is 3.42. The highest BCUT2D eigenvalue weighted by molar-refractivity contribution is 5.92. The molecule has 1 fully saturated rings. The zero-order valence-corrected chi connectivity index (χ0v) is 15.8. The van der Waals surface area contributed by atoms with Crippen molar-refractivity contribution in [1.82, 2.24) is 9.80 Å². The number of nitrogens with one attached hydrogen (secondary N) is 1. The summed E-state index contributed by atoms with van der Waals surface area (Å²) in [7, 11) is 1.83. The Morgan fingerprint density at radius 2 is 1.85 bits per heavy atom. The fraction of sp³-hybridized carbons (Fsp3) is 0.524. The Morgan fingerprint density at radius 1 is 1.12 bits per heavy atom. The molecule has 0 aliphatic heterocycles. The normalized spacial score (nSPS) is 17.0. The van der Waals surface area contributed by atoms with Gasteiger partial charge < -0.3 is 10.2 Å². The topological polar surface area (TPSA) is 52.7 Å². The lowest BCUT2D eigenvalue weighted by molar-refractivity contribution is -0.131. The van der Waals surface area contributed by atoms with Gasteiger partial charge in [0.05, 0.1) is 13.1 Å². The van der Waals surface area contributed by atoms with E-state index in [1.54, 1.807) is 4.90 Å². The summed E-state index contributed by atoms with van der Waals surface area (Å²) in [5.41, 5.74) is 3.14. The maximum Gasteiger partial charge on any atom is 0.241 e. The number of amides is 2. The van der Waals surface area contributed by atoms with Gasteiger partial charge in [-0.3, -0.25) is 14.5 Å². The molecule has 0 unspecified atom stereocenters. The summed E-state index contributed by atoms with van der Waals surface area (Å²) in [4.78, 5) is 28.8. The van der Waals surface area contributed by atoms with Gasteiger partial charge in [0.2, 0.25) is 11.8 Å². The molecule has 2 aliphatic rings. The number of carbonyl (C=O) groups is 2. The van der Waals surface area contributed by atoms with Crippen LogP contribution in [0.25, 0.3) is 0 Å². The first kappa shape index (κ1) is 18.6. The van der Waals surface area contributed by atoms with Crippen molar-refractivity contribution in [2.45, 2.75) is 51.5 Å². The molecule has 0 aromatic heterocycles. The molecule has 1 aromatic rings. The fourth-order valence-corrected chi connectivity index (χ4v) is 3.42. The molecule has 5 nitrogen and oxygen atoms in total. The number of likely N-dealkylation sites (N-methyl/N-ethyl adjacent to an activating group) is 1. The van der Waals surface area contributed by atoms with Gasteiger partial charge >= 0.3 is 0 Å². The van der Waals surface area contributed by atoms with Crippen molar-refractivity contribution in [1.29, 1.82) is 0 Å². The van der Waals surface area contributed by atoms with E-state index in [4.69, 9.17) is 0 Å². The zero-order chi connectivity index (χ0) is 18.5. The van der Waals surface area contributed by atoms with Crippen LogP contribution in [-0.4, -0.2) is 47.8 Å². The molecule has 3 rings (SSSR count). The number of aryl methyl sites for hydroxylation is 1. The van der Waals surface area contributed by atoms with Crippen LogP contribution in [0, 0.1) is 6.92 Å². The Labute approximate surface area is 156 Å². The number of hydrogen-bond acceptors (Lipinski definition) is 3. The Bertz CT molecular complexity index is 677. The summed E-state index contributed by atoms with van der Waals surface area (Å²) >= 11 is 0. The lowest BCUT2D eigenvalue weighted by atomic mass is 10.0. The average molecular weight is 355 g/mol. The summed E-state index contributed by atoms with van der Waals surface area (Å²) in [6.45, 7) is 2.49. The Balaban J connectivity index is 1.52. The number of anilines is 1. The van der Waals surface area contributed by atoms with Crippen LogP contribution in [0.1, 0.15) is 44.1 Å². The van der Waals surface area contributed by atoms with Crippen molar-refractivity contribution < 1.29 is 9.59 Å². The molecule has 0 atom stereocenters. The smallest absolute Gasteiger partial charge is 0.241 e. The summed E-state index contributed by atoms with van der Waals surface area (Å²) < 4.78 is 0. The summed E-state index contributed by atoms with van der Waals surface area (Å²) in [5.74, 6) is 0.0188. The van der Waals surface area contributed by atoms with Gasteiger partial charge in [-0.2, -0.15) is 0 Å². The number of benzene rings is 1. The van der Waals surface area contributed by atoms with Gasteiger partial charge in [-0.1, -0.05) is 23.8 Å². The van der Waals surface area contributed by atoms with Crippen LogP contribution in [0.5, 0.6) is 0 Å². The Morgan fingerprint density at radius 3 is 2.46 bits per heavy atom. The maximum atomic E-state index is 12.8. The standard InChI is InChI=1S/C21H29N3O2/c1-16-8-10-17(11-9-16)22-20(25)14-23(2)15-21(26)24(19-12-13-19)18-6-4-3-5-7-18/h6,8-11,19H,3-5,7,12-15H2,1-2H3,(H,22,25). The molecule has 1 saturated carbocycles. The third kappa shape index (κ3) is 5.18. The van der Waals surface area contributed by atoms with Gasteiger partial charge in [-0.25, -0.2) is 0 Å². The third-order valence-electron chi connectivity index (χ3n) is 4.91. The minimum absolute atomic E-state index is 0.0981. The monoisotopic (exact) mass is 355 g/mol. The van der Waals surface area contributed by atoms with Crippen LogP contribution in [0.4, 0.5) is 5.69 Å². The SMILES string of the molecule is Cc1ccc(NC(=O)CN(C)CC(=O)N(C2=CCCCC2)C2CC2)cc1. The van der Waals surface area contributed by atoms with Crippen LogP contribution < -0.4 is 5.32 Å². The molecular weight excluding hydrogens is 326 g/mol. The molecule has 5 heteroatoms. The number of nitrogens with zero attached hydrogens (tertiary/aromatic N) is 2. The van der Waals surface area contributed by atoms with Crippen LogP contribution in [0.2, 0.25) is 0 Å². The summed E-state index contributed by atoms with van der Waals surface area (Å²) in [5, 5.41) is 2.88. The van der Waals surface area contributed by atoms with Crippen LogP contribution in [-0.2, 0) is 9.59 Å². The minimum Gasteiger partial charge on any atom is -0.325 e. The molecule has 2 amide bonds. The first-order chi connectivity index (χ1) is 12.5. The van der Waals surface area contributed by atoms with E-state index >= 15 is 0 Å². The number of allylic oxidation sites excluding steroid dienone is 2. The van der Waals surface area contributed by atoms with Crippen LogP contribution >= 0.6 is 0 Å². The van der Waals surface area contributed by atoms with E-state index in [2.05, 4.69) is 11.4 Å². The summed E-state index contributed by atoms with van der Waals surface area (Å²) in [6, 6.07) is 8.09. The highest BCUT2D eigenvalue weighted by Gasteiger charge is 2.35. The van der Waals surface area contributed by atoms with E-state index in [9.17, 15) is 9.59 Å². The van der Waals surface area contributed by atoms with Gasteiger partial charge in [0.1, 0.15) is 0 Å². The van der Waals surface area contributed by atoms with E-state index in [0.29, 0.717) is 6.04 Å². The van der Waals surface area contributed by atoms with Gasteiger partial charge in [-0.15, -0.1) is 0 Å². The van der Waals surface area contributed by atoms with Crippen molar-refractivity contribution in [3.05, 3.63) is 41.6 Å². The number of rotatable bonds is 7. The molecule has 0 radical (unpaired) electrons. The molecule has 0 heterocycles. The van der Waals surface area contributed by atoms with Gasteiger partial charge in [0.15, 0.2) is 0 Å². The molecule has 26 heavy (non-hydrogen) atoms. The third-order valence-corrected chi connectivity index (χ3v) is 4.91. The van der Waals surface area contributed by atoms with Crippen LogP contribution in [0.3, 0.4) is 0 Å². The molecule has 0 spiro atoms. The van der Waals surface area contributed by atoms with Gasteiger partial charge in [-0.05, 0) is 64.6 Å². The van der Waals surface area contributed by atoms with Crippen molar-refractivity contribution in [2.24, 2.45) is 0 Å². The average Bonchev–Trinajstić information content (AvgIpc) is 3.42. The van der Waals surface area contributed by atoms with Gasteiger partial charge in [0.25, 0.3) is 0 Å². The van der Waals surface area contributed by atoms with Crippen molar-refractivity contribution in [2.75, 3.05) is 25.5 Å². The second kappa shape index (κ2) is 8.49. The molecule has 0 bridgehead atoms. The lowest BCUT2D eigenvalue weighted by Crippen LogP contribution is -2.42. The lowest BCUT2D eigenvalue weighted by Gasteiger charge is -2.29. The second-order valence-electron chi connectivity index (χ2n) is 7.52. The maximum absolute atomic E-state index is 12.8. The van der Waals surface area contributed by atoms with Gasteiger partial charge in [0, 0.05) is 17.4 Å². The zero-order valence-electron chi connectivity index (χ0n) is 15.8. The Kier molecular flexibility index (Phi) is 6.09. The van der Waals surface area contributed by atoms with E-state index in [-0.39, 0.29) is 24.9 Å². The minimum atomic E-state index is -0.0981. The molecule has 0 saturated heterocycles. The molecule has 1 N–H and O–H groups in total. The van der Waals surface area contributed by atoms with E-state index in [1.807, 2.05) is 43.1 Å². The van der Waals surface area contributed by atoms with Crippen LogP contribution in [0.15, 0.2) is 36.0 Å². The number of carbonyl (C=O) groups excluding carboxylic acids is 2. The highest BCUT2D eigenvalue weighted by Crippen LogP contribution is 2.33. The quantitative estimate of drug-likeness (QED) is 0.816. The molecule has 140 valence electrons. The van der Waals surface area contributed by atoms with E-state index in [0.717, 1.165) is 43.4 Å². The predicted molar refractivity (Wildman–Crippen MR) is 104 cm³/mol. The van der Waals surface area contributed by atoms with Crippen molar-refractivity contribution in [3.63, 3.8) is 0 Å². The van der Waals surface area contributed by atoms with E-state index in [1.165, 1.54) is 12.1 Å². The van der Waals surface area contributed by atoms with Crippen molar-refractivity contribution in [3.8, 4) is 0 Å². The molecule has 1 aromatic carbocycles. The Hall–Kier alpha value is -2.14.